The second-order valence-corrected chi connectivity index (χ2v) is 7.16. The SMILES string of the molecule is COc1cc(OC)c([C@@H]2SCCN2C(=O)c2ccc([N+](=O)[O-])cc2)cc1OC. The predicted molar refractivity (Wildman–Crippen MR) is 105 cm³/mol. The topological polar surface area (TPSA) is 91.1 Å². The summed E-state index contributed by atoms with van der Waals surface area (Å²) in [6.45, 7) is 0.558. The van der Waals surface area contributed by atoms with Crippen LogP contribution in [0.4, 0.5) is 5.69 Å². The zero-order valence-electron chi connectivity index (χ0n) is 15.7. The molecule has 0 aliphatic carbocycles. The van der Waals surface area contributed by atoms with Crippen LogP contribution in [0, 0.1) is 10.1 Å². The minimum Gasteiger partial charge on any atom is -0.496 e. The maximum atomic E-state index is 13.0. The lowest BCUT2D eigenvalue weighted by atomic mass is 10.1. The molecule has 1 aliphatic rings. The molecule has 0 aromatic heterocycles. The maximum Gasteiger partial charge on any atom is 0.269 e. The highest BCUT2D eigenvalue weighted by molar-refractivity contribution is 7.99. The highest BCUT2D eigenvalue weighted by Crippen LogP contribution is 2.46. The number of benzene rings is 2. The summed E-state index contributed by atoms with van der Waals surface area (Å²) >= 11 is 1.62. The van der Waals surface area contributed by atoms with Gasteiger partial charge in [0, 0.05) is 41.6 Å². The molecule has 1 heterocycles. The van der Waals surface area contributed by atoms with Crippen LogP contribution >= 0.6 is 11.8 Å². The number of nitro benzene ring substituents is 1. The first kappa shape index (κ1) is 19.8. The summed E-state index contributed by atoms with van der Waals surface area (Å²) in [7, 11) is 4.66. The number of methoxy groups -OCH3 is 3. The molecule has 0 saturated carbocycles. The second-order valence-electron chi connectivity index (χ2n) is 5.97. The van der Waals surface area contributed by atoms with E-state index in [9.17, 15) is 14.9 Å². The Labute approximate surface area is 166 Å². The molecule has 0 radical (unpaired) electrons. The van der Waals surface area contributed by atoms with E-state index in [-0.39, 0.29) is 17.0 Å². The summed E-state index contributed by atoms with van der Waals surface area (Å²) in [5.74, 6) is 2.26. The molecule has 0 bridgehead atoms. The Balaban J connectivity index is 1.94. The quantitative estimate of drug-likeness (QED) is 0.537. The van der Waals surface area contributed by atoms with Gasteiger partial charge in [-0.25, -0.2) is 0 Å². The Bertz CT molecular complexity index is 887. The Kier molecular flexibility index (Phi) is 5.93. The molecule has 8 nitrogen and oxygen atoms in total. The lowest BCUT2D eigenvalue weighted by Gasteiger charge is -2.26. The van der Waals surface area contributed by atoms with E-state index >= 15 is 0 Å². The van der Waals surface area contributed by atoms with E-state index in [0.29, 0.717) is 29.4 Å². The van der Waals surface area contributed by atoms with Crippen LogP contribution in [0.1, 0.15) is 21.3 Å². The van der Waals surface area contributed by atoms with Crippen molar-refractivity contribution in [3.63, 3.8) is 0 Å². The molecule has 3 rings (SSSR count). The molecule has 1 amide bonds. The molecule has 1 fully saturated rings. The summed E-state index contributed by atoms with van der Waals surface area (Å²) in [5.41, 5.74) is 1.15. The van der Waals surface area contributed by atoms with Crippen molar-refractivity contribution >= 4 is 23.4 Å². The Morgan fingerprint density at radius 2 is 1.68 bits per heavy atom. The van der Waals surface area contributed by atoms with Crippen LogP contribution in [-0.2, 0) is 0 Å². The predicted octanol–water partition coefficient (Wildman–Crippen LogP) is 3.51. The van der Waals surface area contributed by atoms with Gasteiger partial charge in [-0.2, -0.15) is 0 Å². The summed E-state index contributed by atoms with van der Waals surface area (Å²) < 4.78 is 16.2. The highest BCUT2D eigenvalue weighted by atomic mass is 32.2. The number of rotatable bonds is 6. The third-order valence-corrected chi connectivity index (χ3v) is 5.72. The van der Waals surface area contributed by atoms with E-state index in [1.807, 2.05) is 6.07 Å². The number of carbonyl (C=O) groups is 1. The first-order chi connectivity index (χ1) is 13.5. The van der Waals surface area contributed by atoms with Gasteiger partial charge in [0.2, 0.25) is 0 Å². The second kappa shape index (κ2) is 8.39. The Morgan fingerprint density at radius 1 is 1.07 bits per heavy atom. The van der Waals surface area contributed by atoms with E-state index in [1.165, 1.54) is 24.3 Å². The van der Waals surface area contributed by atoms with Gasteiger partial charge in [-0.15, -0.1) is 11.8 Å². The third kappa shape index (κ3) is 3.70. The fraction of sp³-hybridized carbons (Fsp3) is 0.316. The smallest absolute Gasteiger partial charge is 0.269 e. The molecular formula is C19H20N2O6S. The lowest BCUT2D eigenvalue weighted by Crippen LogP contribution is -2.30. The van der Waals surface area contributed by atoms with Crippen molar-refractivity contribution in [2.75, 3.05) is 33.6 Å². The molecule has 1 atom stereocenters. The molecule has 0 N–H and O–H groups in total. The highest BCUT2D eigenvalue weighted by Gasteiger charge is 2.34. The standard InChI is InChI=1S/C19H20N2O6S/c1-25-15-11-17(27-3)16(26-2)10-14(15)19-20(8-9-28-19)18(22)12-4-6-13(7-5-12)21(23)24/h4-7,10-11,19H,8-9H2,1-3H3/t19-/m0/s1. The number of nitro groups is 1. The van der Waals surface area contributed by atoms with E-state index < -0.39 is 4.92 Å². The molecule has 28 heavy (non-hydrogen) atoms. The van der Waals surface area contributed by atoms with Crippen LogP contribution in [0.2, 0.25) is 0 Å². The largest absolute Gasteiger partial charge is 0.496 e. The van der Waals surface area contributed by atoms with Crippen molar-refractivity contribution in [1.29, 1.82) is 0 Å². The number of hydrogen-bond acceptors (Lipinski definition) is 7. The van der Waals surface area contributed by atoms with Gasteiger partial charge in [-0.1, -0.05) is 0 Å². The molecule has 9 heteroatoms. The molecule has 1 saturated heterocycles. The van der Waals surface area contributed by atoms with Gasteiger partial charge >= 0.3 is 0 Å². The van der Waals surface area contributed by atoms with Gasteiger partial charge in [0.15, 0.2) is 11.5 Å². The van der Waals surface area contributed by atoms with Gasteiger partial charge in [-0.05, 0) is 18.2 Å². The van der Waals surface area contributed by atoms with E-state index in [0.717, 1.165) is 11.3 Å². The van der Waals surface area contributed by atoms with Crippen LogP contribution in [0.5, 0.6) is 17.2 Å². The number of ether oxygens (including phenoxy) is 3. The molecule has 2 aromatic carbocycles. The number of carbonyl (C=O) groups excluding carboxylic acids is 1. The number of thioether (sulfide) groups is 1. The van der Waals surface area contributed by atoms with Crippen LogP contribution in [0.3, 0.4) is 0 Å². The average molecular weight is 404 g/mol. The molecule has 2 aromatic rings. The summed E-state index contributed by atoms with van der Waals surface area (Å²) in [5, 5.41) is 10.6. The monoisotopic (exact) mass is 404 g/mol. The summed E-state index contributed by atoms with van der Waals surface area (Å²) in [4.78, 5) is 25.1. The van der Waals surface area contributed by atoms with E-state index in [4.69, 9.17) is 14.2 Å². The molecule has 0 unspecified atom stereocenters. The third-order valence-electron chi connectivity index (χ3n) is 4.48. The van der Waals surface area contributed by atoms with Gasteiger partial charge in [0.1, 0.15) is 11.1 Å². The zero-order chi connectivity index (χ0) is 20.3. The number of nitrogens with zero attached hydrogens (tertiary/aromatic N) is 2. The van der Waals surface area contributed by atoms with Crippen molar-refractivity contribution < 1.29 is 23.9 Å². The lowest BCUT2D eigenvalue weighted by molar-refractivity contribution is -0.384. The van der Waals surface area contributed by atoms with Crippen LogP contribution in [0.25, 0.3) is 0 Å². The van der Waals surface area contributed by atoms with Gasteiger partial charge in [0.05, 0.1) is 26.3 Å². The number of non-ortho nitro benzene ring substituents is 1. The molecule has 1 aliphatic heterocycles. The van der Waals surface area contributed by atoms with Crippen LogP contribution < -0.4 is 14.2 Å². The average Bonchev–Trinajstić information content (AvgIpc) is 3.21. The number of amides is 1. The minimum atomic E-state index is -0.489. The van der Waals surface area contributed by atoms with Crippen molar-refractivity contribution in [1.82, 2.24) is 4.90 Å². The summed E-state index contributed by atoms with van der Waals surface area (Å²) in [6, 6.07) is 9.18. The molecule has 0 spiro atoms. The fourth-order valence-electron chi connectivity index (χ4n) is 3.07. The minimum absolute atomic E-state index is 0.0505. The van der Waals surface area contributed by atoms with Crippen LogP contribution in [-0.4, -0.2) is 49.4 Å². The first-order valence-electron chi connectivity index (χ1n) is 8.47. The Hall–Kier alpha value is -2.94. The van der Waals surface area contributed by atoms with Gasteiger partial charge < -0.3 is 19.1 Å². The van der Waals surface area contributed by atoms with Crippen molar-refractivity contribution in [2.45, 2.75) is 5.37 Å². The van der Waals surface area contributed by atoms with Gasteiger partial charge in [-0.3, -0.25) is 14.9 Å². The Morgan fingerprint density at radius 3 is 2.25 bits per heavy atom. The molecule has 148 valence electrons. The van der Waals surface area contributed by atoms with Gasteiger partial charge in [0.25, 0.3) is 11.6 Å². The van der Waals surface area contributed by atoms with Crippen molar-refractivity contribution in [3.8, 4) is 17.2 Å². The zero-order valence-corrected chi connectivity index (χ0v) is 16.5. The van der Waals surface area contributed by atoms with Crippen molar-refractivity contribution in [2.24, 2.45) is 0 Å². The normalized spacial score (nSPS) is 16.0. The summed E-state index contributed by atoms with van der Waals surface area (Å²) in [6.07, 6.45) is 0. The molecular weight excluding hydrogens is 384 g/mol. The number of hydrogen-bond donors (Lipinski definition) is 0. The van der Waals surface area contributed by atoms with Crippen molar-refractivity contribution in [3.05, 3.63) is 57.6 Å². The fourth-order valence-corrected chi connectivity index (χ4v) is 4.34. The van der Waals surface area contributed by atoms with Crippen LogP contribution in [0.15, 0.2) is 36.4 Å². The van der Waals surface area contributed by atoms with E-state index in [1.54, 1.807) is 44.1 Å². The van der Waals surface area contributed by atoms with E-state index in [2.05, 4.69) is 0 Å². The maximum absolute atomic E-state index is 13.0. The first-order valence-corrected chi connectivity index (χ1v) is 9.52.